The maximum absolute atomic E-state index is 12.0. The summed E-state index contributed by atoms with van der Waals surface area (Å²) in [5.74, 6) is 0.891. The summed E-state index contributed by atoms with van der Waals surface area (Å²) in [6.45, 7) is 7.77. The average molecular weight is 374 g/mol. The second kappa shape index (κ2) is 6.60. The summed E-state index contributed by atoms with van der Waals surface area (Å²) >= 11 is 0. The molecule has 1 saturated heterocycles. The molecule has 3 aliphatic rings. The van der Waals surface area contributed by atoms with Crippen molar-refractivity contribution in [2.75, 3.05) is 16.8 Å². The van der Waals surface area contributed by atoms with E-state index in [1.165, 1.54) is 25.6 Å². The van der Waals surface area contributed by atoms with E-state index in [1.807, 2.05) is 0 Å². The van der Waals surface area contributed by atoms with Crippen LogP contribution in [0.1, 0.15) is 72.1 Å². The number of rotatable bonds is 4. The van der Waals surface area contributed by atoms with Crippen LogP contribution >= 0.6 is 0 Å². The summed E-state index contributed by atoms with van der Waals surface area (Å²) in [6.07, 6.45) is 10.5. The minimum atomic E-state index is -0.295. The summed E-state index contributed by atoms with van der Waals surface area (Å²) in [7, 11) is 0. The van der Waals surface area contributed by atoms with Crippen molar-refractivity contribution >= 4 is 17.3 Å². The predicted octanol–water partition coefficient (Wildman–Crippen LogP) is 4.53. The van der Waals surface area contributed by atoms with Gasteiger partial charge in [-0.05, 0) is 42.9 Å². The Bertz CT molecular complexity index is 731. The van der Waals surface area contributed by atoms with E-state index in [1.54, 1.807) is 0 Å². The van der Waals surface area contributed by atoms with Gasteiger partial charge in [0, 0.05) is 18.6 Å². The number of hydrogen-bond acceptors (Lipinski definition) is 6. The van der Waals surface area contributed by atoms with Gasteiger partial charge in [0.15, 0.2) is 0 Å². The molecule has 0 amide bonds. The molecule has 3 fully saturated rings. The number of hydrogen-bond donors (Lipinski definition) is 1. The first kappa shape index (κ1) is 18.4. The van der Waals surface area contributed by atoms with Gasteiger partial charge in [0.2, 0.25) is 11.6 Å². The average Bonchev–Trinajstić information content (AvgIpc) is 2.84. The zero-order valence-corrected chi connectivity index (χ0v) is 16.7. The molecule has 27 heavy (non-hydrogen) atoms. The molecule has 2 heterocycles. The summed E-state index contributed by atoms with van der Waals surface area (Å²) in [6, 6.07) is 0.587. The van der Waals surface area contributed by atoms with Gasteiger partial charge < -0.3 is 10.2 Å². The molecule has 148 valence electrons. The number of aromatic nitrogens is 2. The summed E-state index contributed by atoms with van der Waals surface area (Å²) in [5, 5.41) is 15.4. The number of nitrogens with one attached hydrogen (secondary N) is 1. The molecule has 1 aromatic heterocycles. The van der Waals surface area contributed by atoms with Crippen molar-refractivity contribution in [3.8, 4) is 0 Å². The van der Waals surface area contributed by atoms with Gasteiger partial charge in [0.25, 0.3) is 0 Å². The lowest BCUT2D eigenvalue weighted by molar-refractivity contribution is -0.383. The Balaban J connectivity index is 1.67. The second-order valence-corrected chi connectivity index (χ2v) is 9.97. The quantitative estimate of drug-likeness (QED) is 0.616. The van der Waals surface area contributed by atoms with Crippen molar-refractivity contribution in [2.24, 2.45) is 10.8 Å². The third kappa shape index (κ3) is 3.60. The normalized spacial score (nSPS) is 30.3. The van der Waals surface area contributed by atoms with E-state index in [2.05, 4.69) is 41.0 Å². The molecule has 0 spiro atoms. The molecule has 7 nitrogen and oxygen atoms in total. The van der Waals surface area contributed by atoms with Gasteiger partial charge >= 0.3 is 5.69 Å². The minimum Gasteiger partial charge on any atom is -0.361 e. The molecule has 1 aromatic rings. The third-order valence-corrected chi connectivity index (χ3v) is 6.62. The van der Waals surface area contributed by atoms with Gasteiger partial charge in [-0.1, -0.05) is 40.0 Å². The number of anilines is 2. The Morgan fingerprint density at radius 3 is 2.63 bits per heavy atom. The van der Waals surface area contributed by atoms with Gasteiger partial charge in [-0.3, -0.25) is 10.1 Å². The molecule has 2 saturated carbocycles. The number of nitrogens with zero attached hydrogens (tertiary/aromatic N) is 4. The van der Waals surface area contributed by atoms with Crippen molar-refractivity contribution in [1.29, 1.82) is 0 Å². The first-order valence-corrected chi connectivity index (χ1v) is 10.3. The monoisotopic (exact) mass is 373 g/mol. The maximum atomic E-state index is 12.0. The largest absolute Gasteiger partial charge is 0.361 e. The van der Waals surface area contributed by atoms with Crippen molar-refractivity contribution in [3.63, 3.8) is 0 Å². The van der Waals surface area contributed by atoms with Crippen molar-refractivity contribution < 1.29 is 4.92 Å². The highest BCUT2D eigenvalue weighted by Crippen LogP contribution is 2.54. The molecule has 0 aromatic carbocycles. The van der Waals surface area contributed by atoms with Crippen LogP contribution in [0.25, 0.3) is 0 Å². The van der Waals surface area contributed by atoms with Crippen molar-refractivity contribution in [2.45, 2.75) is 84.2 Å². The Hall–Kier alpha value is -1.92. The van der Waals surface area contributed by atoms with Crippen LogP contribution in [0.2, 0.25) is 0 Å². The van der Waals surface area contributed by atoms with E-state index in [0.717, 1.165) is 38.6 Å². The highest BCUT2D eigenvalue weighted by Gasteiger charge is 2.51. The van der Waals surface area contributed by atoms with E-state index in [-0.39, 0.29) is 27.5 Å². The summed E-state index contributed by atoms with van der Waals surface area (Å²) < 4.78 is 0. The molecule has 0 radical (unpaired) electrons. The lowest BCUT2D eigenvalue weighted by Crippen LogP contribution is -2.35. The molecule has 1 N–H and O–H groups in total. The van der Waals surface area contributed by atoms with Crippen LogP contribution in [-0.4, -0.2) is 33.5 Å². The SMILES string of the molecule is CC1(C)CC2CC(C)(CN2c2ncnc(NC3CCCCC3)c2[N+](=O)[O-])C1. The summed E-state index contributed by atoms with van der Waals surface area (Å²) in [4.78, 5) is 22.6. The van der Waals surface area contributed by atoms with Crippen molar-refractivity contribution in [1.82, 2.24) is 9.97 Å². The third-order valence-electron chi connectivity index (χ3n) is 6.62. The zero-order valence-electron chi connectivity index (χ0n) is 16.7. The van der Waals surface area contributed by atoms with Crippen molar-refractivity contribution in [3.05, 3.63) is 16.4 Å². The molecule has 2 unspecified atom stereocenters. The van der Waals surface area contributed by atoms with Gasteiger partial charge in [-0.15, -0.1) is 0 Å². The van der Waals surface area contributed by atoms with Gasteiger partial charge in [-0.2, -0.15) is 0 Å². The van der Waals surface area contributed by atoms with Crippen LogP contribution in [0.3, 0.4) is 0 Å². The van der Waals surface area contributed by atoms with Crippen LogP contribution < -0.4 is 10.2 Å². The van der Waals surface area contributed by atoms with Gasteiger partial charge in [0.1, 0.15) is 6.33 Å². The standard InChI is InChI=1S/C20H31N5O2/c1-19(2)9-15-10-20(3,11-19)12-24(15)18-16(25(26)27)17(21-13-22-18)23-14-7-5-4-6-8-14/h13-15H,4-12H2,1-3H3,(H,21,22,23). The zero-order chi connectivity index (χ0) is 19.2. The molecule has 2 aliphatic carbocycles. The van der Waals surface area contributed by atoms with E-state index < -0.39 is 0 Å². The first-order chi connectivity index (χ1) is 12.8. The van der Waals surface area contributed by atoms with E-state index in [9.17, 15) is 10.1 Å². The van der Waals surface area contributed by atoms with Crippen LogP contribution in [0.15, 0.2) is 6.33 Å². The Morgan fingerprint density at radius 2 is 1.93 bits per heavy atom. The van der Waals surface area contributed by atoms with E-state index >= 15 is 0 Å². The fraction of sp³-hybridized carbons (Fsp3) is 0.800. The second-order valence-electron chi connectivity index (χ2n) is 9.97. The fourth-order valence-electron chi connectivity index (χ4n) is 6.00. The Labute approximate surface area is 161 Å². The lowest BCUT2D eigenvalue weighted by Gasteiger charge is -2.39. The van der Waals surface area contributed by atoms with E-state index in [4.69, 9.17) is 0 Å². The fourth-order valence-corrected chi connectivity index (χ4v) is 6.00. The topological polar surface area (TPSA) is 84.2 Å². The Morgan fingerprint density at radius 1 is 1.19 bits per heavy atom. The highest BCUT2D eigenvalue weighted by molar-refractivity contribution is 5.71. The maximum Gasteiger partial charge on any atom is 0.353 e. The lowest BCUT2D eigenvalue weighted by atomic mass is 9.65. The predicted molar refractivity (Wildman–Crippen MR) is 106 cm³/mol. The molecule has 2 bridgehead atoms. The molecular weight excluding hydrogens is 342 g/mol. The number of nitro groups is 1. The first-order valence-electron chi connectivity index (χ1n) is 10.3. The van der Waals surface area contributed by atoms with Crippen LogP contribution in [0.4, 0.5) is 17.3 Å². The molecular formula is C20H31N5O2. The van der Waals surface area contributed by atoms with E-state index in [0.29, 0.717) is 17.7 Å². The number of fused-ring (bicyclic) bond motifs is 2. The van der Waals surface area contributed by atoms with Gasteiger partial charge in [-0.25, -0.2) is 9.97 Å². The smallest absolute Gasteiger partial charge is 0.353 e. The highest BCUT2D eigenvalue weighted by atomic mass is 16.6. The van der Waals surface area contributed by atoms with Crippen LogP contribution in [-0.2, 0) is 0 Å². The van der Waals surface area contributed by atoms with Crippen LogP contribution in [0, 0.1) is 20.9 Å². The molecule has 2 atom stereocenters. The molecule has 4 rings (SSSR count). The molecule has 7 heteroatoms. The minimum absolute atomic E-state index is 0.0528. The van der Waals surface area contributed by atoms with Gasteiger partial charge in [0.05, 0.1) is 4.92 Å². The van der Waals surface area contributed by atoms with Crippen LogP contribution in [0.5, 0.6) is 0 Å². The Kier molecular flexibility index (Phi) is 4.51. The molecule has 1 aliphatic heterocycles. The summed E-state index contributed by atoms with van der Waals surface area (Å²) in [5.41, 5.74) is 0.511.